The minimum absolute atomic E-state index is 0. The number of thioether (sulfide) groups is 1. The zero-order valence-electron chi connectivity index (χ0n) is 20.3. The number of allylic oxidation sites excluding steroid dienone is 2. The Labute approximate surface area is 203 Å². The molecule has 0 spiro atoms. The van der Waals surface area contributed by atoms with Crippen LogP contribution >= 0.6 is 11.8 Å². The van der Waals surface area contributed by atoms with Gasteiger partial charge in [0, 0.05) is 12.4 Å². The first-order chi connectivity index (χ1) is 14.2. The summed E-state index contributed by atoms with van der Waals surface area (Å²) in [6.45, 7) is 6.27. The van der Waals surface area contributed by atoms with Crippen molar-refractivity contribution in [2.24, 2.45) is 0 Å². The van der Waals surface area contributed by atoms with Crippen LogP contribution in [0.5, 0.6) is 0 Å². The number of quaternary nitrogens is 1. The Bertz CT molecular complexity index is 415. The van der Waals surface area contributed by atoms with E-state index in [0.29, 0.717) is 6.10 Å². The van der Waals surface area contributed by atoms with Gasteiger partial charge in [0.15, 0.2) is 0 Å². The van der Waals surface area contributed by atoms with E-state index in [-0.39, 0.29) is 17.0 Å². The molecule has 0 aromatic carbocycles. The summed E-state index contributed by atoms with van der Waals surface area (Å²) in [6, 6.07) is 0. The molecule has 0 saturated heterocycles. The number of hydrogen-bond donors (Lipinski definition) is 0. The average Bonchev–Trinajstić information content (AvgIpc) is 3.13. The third-order valence-electron chi connectivity index (χ3n) is 5.91. The molecule has 4 heteroatoms. The second-order valence-electron chi connectivity index (χ2n) is 8.96. The summed E-state index contributed by atoms with van der Waals surface area (Å²) in [6.07, 6.45) is 29.3. The minimum atomic E-state index is 0. The molecule has 1 aliphatic heterocycles. The van der Waals surface area contributed by atoms with Crippen LogP contribution in [-0.4, -0.2) is 42.3 Å². The van der Waals surface area contributed by atoms with E-state index in [2.05, 4.69) is 57.2 Å². The maximum atomic E-state index is 5.99. The first-order valence-corrected chi connectivity index (χ1v) is 13.8. The van der Waals surface area contributed by atoms with Crippen LogP contribution in [0, 0.1) is 0 Å². The van der Waals surface area contributed by atoms with Crippen molar-refractivity contribution in [1.29, 1.82) is 0 Å². The lowest BCUT2D eigenvalue weighted by molar-refractivity contribution is -0.807. The summed E-state index contributed by atoms with van der Waals surface area (Å²) in [5.41, 5.74) is 0. The van der Waals surface area contributed by atoms with Crippen molar-refractivity contribution < 1.29 is 26.2 Å². The van der Waals surface area contributed by atoms with Crippen molar-refractivity contribution in [3.8, 4) is 0 Å². The number of ether oxygens (including phenoxy) is 1. The van der Waals surface area contributed by atoms with Crippen LogP contribution in [0.15, 0.2) is 24.6 Å². The Morgan fingerprint density at radius 2 is 1.20 bits per heavy atom. The van der Waals surface area contributed by atoms with Gasteiger partial charge in [-0.1, -0.05) is 90.4 Å². The van der Waals surface area contributed by atoms with E-state index < -0.39 is 0 Å². The van der Waals surface area contributed by atoms with Crippen LogP contribution in [0.4, 0.5) is 0 Å². The fourth-order valence-corrected chi connectivity index (χ4v) is 5.14. The van der Waals surface area contributed by atoms with E-state index >= 15 is 0 Å². The second kappa shape index (κ2) is 21.1. The van der Waals surface area contributed by atoms with Crippen LogP contribution < -0.4 is 17.0 Å². The summed E-state index contributed by atoms with van der Waals surface area (Å²) >= 11 is 2.08. The lowest BCUT2D eigenvalue weighted by Crippen LogP contribution is -3.00. The normalized spacial score (nSPS) is 15.4. The Hall–Kier alpha value is 0.230. The van der Waals surface area contributed by atoms with Crippen LogP contribution in [-0.2, 0) is 4.74 Å². The van der Waals surface area contributed by atoms with Gasteiger partial charge in [0.25, 0.3) is 0 Å². The van der Waals surface area contributed by atoms with E-state index in [0.717, 1.165) is 23.4 Å². The molecule has 1 unspecified atom stereocenters. The third kappa shape index (κ3) is 16.9. The van der Waals surface area contributed by atoms with Gasteiger partial charge >= 0.3 is 0 Å². The number of rotatable bonds is 21. The largest absolute Gasteiger partial charge is 1.00 e. The van der Waals surface area contributed by atoms with Crippen molar-refractivity contribution in [3.63, 3.8) is 0 Å². The van der Waals surface area contributed by atoms with E-state index in [9.17, 15) is 0 Å². The van der Waals surface area contributed by atoms with Gasteiger partial charge in [-0.3, -0.25) is 4.48 Å². The molecule has 0 saturated carbocycles. The molecule has 178 valence electrons. The maximum absolute atomic E-state index is 5.99. The van der Waals surface area contributed by atoms with Gasteiger partial charge in [0.2, 0.25) is 0 Å². The van der Waals surface area contributed by atoms with Gasteiger partial charge in [-0.25, -0.2) is 0 Å². The maximum Gasteiger partial charge on any atom is 0.116 e. The number of hydrogen-bond acceptors (Lipinski definition) is 2. The molecule has 0 aromatic rings. The fourth-order valence-electron chi connectivity index (χ4n) is 4.11. The zero-order valence-corrected chi connectivity index (χ0v) is 22.7. The highest BCUT2D eigenvalue weighted by atomic mass is 79.9. The quantitative estimate of drug-likeness (QED) is 0.159. The Kier molecular flexibility index (Phi) is 21.3. The van der Waals surface area contributed by atoms with E-state index in [1.54, 1.807) is 0 Å². The van der Waals surface area contributed by atoms with Gasteiger partial charge in [0.1, 0.15) is 25.0 Å². The lowest BCUT2D eigenvalue weighted by atomic mass is 10.0. The molecule has 2 nitrogen and oxygen atoms in total. The zero-order chi connectivity index (χ0) is 21.0. The molecule has 1 heterocycles. The van der Waals surface area contributed by atoms with Crippen molar-refractivity contribution in [2.45, 2.75) is 110 Å². The van der Waals surface area contributed by atoms with Crippen LogP contribution in [0.3, 0.4) is 0 Å². The predicted octanol–water partition coefficient (Wildman–Crippen LogP) is 5.10. The minimum Gasteiger partial charge on any atom is -1.00 e. The van der Waals surface area contributed by atoms with Crippen molar-refractivity contribution in [2.75, 3.05) is 31.7 Å². The molecule has 0 aromatic heterocycles. The highest BCUT2D eigenvalue weighted by Gasteiger charge is 2.24. The topological polar surface area (TPSA) is 9.23 Å². The van der Waals surface area contributed by atoms with Gasteiger partial charge in [0.05, 0.1) is 7.05 Å². The molecular weight excluding hydrogens is 454 g/mol. The molecule has 0 amide bonds. The molecule has 0 fully saturated rings. The second-order valence-corrected chi connectivity index (χ2v) is 10.1. The molecule has 30 heavy (non-hydrogen) atoms. The number of nitrogens with zero attached hydrogens (tertiary/aromatic N) is 1. The first kappa shape index (κ1) is 30.2. The highest BCUT2D eigenvalue weighted by Crippen LogP contribution is 2.18. The molecule has 0 N–H and O–H groups in total. The summed E-state index contributed by atoms with van der Waals surface area (Å²) in [4.78, 5) is 0. The monoisotopic (exact) mass is 503 g/mol. The summed E-state index contributed by atoms with van der Waals surface area (Å²) in [5.74, 6) is 2.42. The molecule has 1 aliphatic rings. The van der Waals surface area contributed by atoms with Gasteiger partial charge in [-0.05, 0) is 31.2 Å². The van der Waals surface area contributed by atoms with E-state index in [1.165, 1.54) is 95.6 Å². The Balaban J connectivity index is 0.00000841. The van der Waals surface area contributed by atoms with Crippen molar-refractivity contribution in [3.05, 3.63) is 24.6 Å². The Morgan fingerprint density at radius 1 is 0.733 bits per heavy atom. The average molecular weight is 505 g/mol. The highest BCUT2D eigenvalue weighted by molar-refractivity contribution is 7.99. The number of unbranched alkanes of at least 4 members (excludes halogenated alkanes) is 13. The molecule has 1 atom stereocenters. The summed E-state index contributed by atoms with van der Waals surface area (Å²) in [7, 11) is 2.25. The summed E-state index contributed by atoms with van der Waals surface area (Å²) in [5, 5.41) is 0. The van der Waals surface area contributed by atoms with Crippen molar-refractivity contribution >= 4 is 11.8 Å². The SMILES string of the molecule is CCCCCCCCCCCCCCCCSCC(C[N+]1(C)C=CC=C1)OCC.[Br-]. The van der Waals surface area contributed by atoms with Crippen LogP contribution in [0.1, 0.15) is 104 Å². The molecule has 0 radical (unpaired) electrons. The van der Waals surface area contributed by atoms with Gasteiger partial charge in [-0.15, -0.1) is 0 Å². The predicted molar refractivity (Wildman–Crippen MR) is 132 cm³/mol. The Morgan fingerprint density at radius 3 is 1.67 bits per heavy atom. The van der Waals surface area contributed by atoms with Crippen LogP contribution in [0.25, 0.3) is 0 Å². The van der Waals surface area contributed by atoms with Gasteiger partial charge < -0.3 is 21.7 Å². The third-order valence-corrected chi connectivity index (χ3v) is 7.09. The molecule has 0 bridgehead atoms. The fraction of sp³-hybridized carbons (Fsp3) is 0.846. The van der Waals surface area contributed by atoms with Crippen LogP contribution in [0.2, 0.25) is 0 Å². The summed E-state index contributed by atoms with van der Waals surface area (Å²) < 4.78 is 6.87. The van der Waals surface area contributed by atoms with E-state index in [4.69, 9.17) is 4.74 Å². The molecule has 0 aliphatic carbocycles. The molecular formula is C26H50BrNOS. The van der Waals surface area contributed by atoms with Gasteiger partial charge in [-0.2, -0.15) is 11.8 Å². The lowest BCUT2D eigenvalue weighted by Gasteiger charge is -2.28. The standard InChI is InChI=1S/C26H50NOS.BrH/c1-4-6-7-8-9-10-11-12-13-14-15-16-17-20-23-29-25-26(28-5-2)24-27(3)21-18-19-22-27;/h18-19,21-22,26H,4-17,20,23-25H2,1-3H3;1H/q+1;/p-1. The number of halogens is 1. The first-order valence-electron chi connectivity index (χ1n) is 12.6. The smallest absolute Gasteiger partial charge is 0.116 e. The molecule has 1 rings (SSSR count). The van der Waals surface area contributed by atoms with E-state index in [1.807, 2.05) is 0 Å². The number of likely N-dealkylation sites (N-methyl/N-ethyl adjacent to an activating group) is 1. The van der Waals surface area contributed by atoms with Crippen molar-refractivity contribution in [1.82, 2.24) is 0 Å².